The van der Waals surface area contributed by atoms with E-state index >= 15 is 0 Å². The quantitative estimate of drug-likeness (QED) is 0.315. The van der Waals surface area contributed by atoms with Gasteiger partial charge in [0.05, 0.1) is 32.3 Å². The van der Waals surface area contributed by atoms with Crippen LogP contribution in [-0.4, -0.2) is 52.1 Å². The summed E-state index contributed by atoms with van der Waals surface area (Å²) < 4.78 is 58.6. The summed E-state index contributed by atoms with van der Waals surface area (Å²) in [6.07, 6.45) is -2.70. The number of amides is 1. The molecule has 0 unspecified atom stereocenters. The molecule has 1 N–H and O–H groups in total. The van der Waals surface area contributed by atoms with Crippen LogP contribution in [-0.2, 0) is 28.7 Å². The van der Waals surface area contributed by atoms with Crippen LogP contribution in [0.15, 0.2) is 71.2 Å². The highest BCUT2D eigenvalue weighted by Crippen LogP contribution is 2.33. The van der Waals surface area contributed by atoms with E-state index in [2.05, 4.69) is 19.5 Å². The highest BCUT2D eigenvalue weighted by molar-refractivity contribution is 7.93. The normalized spacial score (nSPS) is 13.6. The van der Waals surface area contributed by atoms with Crippen molar-refractivity contribution in [1.82, 2.24) is 24.5 Å². The monoisotopic (exact) mass is 556 g/mol. The predicted molar refractivity (Wildman–Crippen MR) is 140 cm³/mol. The molecule has 0 aliphatic carbocycles. The van der Waals surface area contributed by atoms with E-state index in [0.29, 0.717) is 33.4 Å². The molecule has 0 bridgehead atoms. The van der Waals surface area contributed by atoms with Gasteiger partial charge in [0.15, 0.2) is 5.65 Å². The van der Waals surface area contributed by atoms with E-state index in [9.17, 15) is 27.3 Å². The van der Waals surface area contributed by atoms with Gasteiger partial charge in [0.25, 0.3) is 5.91 Å². The number of aliphatic hydroxyl groups is 1. The Morgan fingerprint density at radius 3 is 2.51 bits per heavy atom. The Labute approximate surface area is 221 Å². The molecule has 2 aromatic carbocycles. The van der Waals surface area contributed by atoms with Crippen molar-refractivity contribution in [2.45, 2.75) is 18.3 Å². The van der Waals surface area contributed by atoms with Gasteiger partial charge in [-0.3, -0.25) is 14.3 Å². The van der Waals surface area contributed by atoms with Crippen molar-refractivity contribution in [2.24, 2.45) is 11.4 Å². The van der Waals surface area contributed by atoms with Gasteiger partial charge in [-0.15, -0.1) is 5.10 Å². The number of nitrogens with zero attached hydrogens (tertiary/aromatic N) is 6. The van der Waals surface area contributed by atoms with Crippen LogP contribution in [0.2, 0.25) is 0 Å². The minimum Gasteiger partial charge on any atom is -0.396 e. The van der Waals surface area contributed by atoms with Crippen molar-refractivity contribution in [1.29, 1.82) is 0 Å². The maximum atomic E-state index is 13.6. The highest BCUT2D eigenvalue weighted by Gasteiger charge is 2.30. The molecule has 3 aromatic heterocycles. The molecule has 1 atom stereocenters. The zero-order valence-electron chi connectivity index (χ0n) is 20.7. The van der Waals surface area contributed by atoms with Crippen molar-refractivity contribution in [2.75, 3.05) is 12.4 Å². The smallest absolute Gasteiger partial charge is 0.396 e. The first-order valence-corrected chi connectivity index (χ1v) is 13.7. The van der Waals surface area contributed by atoms with Crippen LogP contribution in [0.3, 0.4) is 0 Å². The SMILES string of the molecule is Cn1nc2c3cc(C(=O)N=[S@](=O)(CCCO)Cc4ccccn4)ccc3n(-c3ccc(C(F)(F)F)cc3)c2n1. The first kappa shape index (κ1) is 26.5. The summed E-state index contributed by atoms with van der Waals surface area (Å²) in [5.41, 5.74) is 1.76. The van der Waals surface area contributed by atoms with Crippen LogP contribution in [0.25, 0.3) is 27.8 Å². The molecule has 202 valence electrons. The molecule has 9 nitrogen and oxygen atoms in total. The number of carbonyl (C=O) groups is 1. The number of benzene rings is 2. The van der Waals surface area contributed by atoms with Crippen molar-refractivity contribution in [3.8, 4) is 5.69 Å². The molecular weight excluding hydrogens is 533 g/mol. The number of hydrogen-bond donors (Lipinski definition) is 1. The third kappa shape index (κ3) is 5.40. The van der Waals surface area contributed by atoms with E-state index in [1.54, 1.807) is 48.1 Å². The summed E-state index contributed by atoms with van der Waals surface area (Å²) in [7, 11) is -1.46. The molecule has 0 aliphatic heterocycles. The molecule has 0 fully saturated rings. The molecule has 0 radical (unpaired) electrons. The molecule has 0 saturated heterocycles. The summed E-state index contributed by atoms with van der Waals surface area (Å²) in [5.74, 6) is -0.720. The molecule has 0 saturated carbocycles. The van der Waals surface area contributed by atoms with Crippen molar-refractivity contribution in [3.05, 3.63) is 83.7 Å². The van der Waals surface area contributed by atoms with Crippen LogP contribution in [0.5, 0.6) is 0 Å². The van der Waals surface area contributed by atoms with Gasteiger partial charge in [-0.1, -0.05) is 6.07 Å². The average molecular weight is 557 g/mol. The fourth-order valence-corrected chi connectivity index (χ4v) is 6.23. The van der Waals surface area contributed by atoms with E-state index < -0.39 is 27.4 Å². The van der Waals surface area contributed by atoms with Gasteiger partial charge < -0.3 is 5.11 Å². The first-order valence-electron chi connectivity index (χ1n) is 11.9. The predicted octanol–water partition coefficient (Wildman–Crippen LogP) is 4.52. The summed E-state index contributed by atoms with van der Waals surface area (Å²) >= 11 is 0. The average Bonchev–Trinajstić information content (AvgIpc) is 3.42. The Balaban J connectivity index is 1.58. The van der Waals surface area contributed by atoms with Gasteiger partial charge in [0.1, 0.15) is 5.52 Å². The first-order chi connectivity index (χ1) is 18.6. The molecule has 1 amide bonds. The number of aliphatic hydroxyl groups excluding tert-OH is 1. The highest BCUT2D eigenvalue weighted by atomic mass is 32.2. The van der Waals surface area contributed by atoms with E-state index in [1.165, 1.54) is 23.0 Å². The fraction of sp³-hybridized carbons (Fsp3) is 0.231. The maximum absolute atomic E-state index is 13.6. The number of fused-ring (bicyclic) bond motifs is 3. The maximum Gasteiger partial charge on any atom is 0.416 e. The summed E-state index contributed by atoms with van der Waals surface area (Å²) in [6.45, 7) is -0.197. The van der Waals surface area contributed by atoms with Crippen molar-refractivity contribution >= 4 is 37.7 Å². The minimum absolute atomic E-state index is 0.0206. The number of pyridine rings is 1. The molecule has 13 heteroatoms. The molecule has 5 rings (SSSR count). The van der Waals surface area contributed by atoms with E-state index in [0.717, 1.165) is 12.1 Å². The lowest BCUT2D eigenvalue weighted by Crippen LogP contribution is -2.14. The van der Waals surface area contributed by atoms with Crippen molar-refractivity contribution in [3.63, 3.8) is 0 Å². The number of hydrogen-bond acceptors (Lipinski definition) is 6. The summed E-state index contributed by atoms with van der Waals surface area (Å²) in [6, 6.07) is 14.5. The molecule has 3 heterocycles. The van der Waals surface area contributed by atoms with Crippen molar-refractivity contribution < 1.29 is 27.3 Å². The van der Waals surface area contributed by atoms with Crippen LogP contribution >= 0.6 is 0 Å². The minimum atomic E-state index is -4.47. The Kier molecular flexibility index (Phi) is 6.95. The van der Waals surface area contributed by atoms with E-state index in [4.69, 9.17) is 0 Å². The van der Waals surface area contributed by atoms with Gasteiger partial charge in [-0.2, -0.15) is 27.4 Å². The van der Waals surface area contributed by atoms with Crippen LogP contribution in [0.1, 0.15) is 28.0 Å². The molecular formula is C26H23F3N6O3S. The lowest BCUT2D eigenvalue weighted by Gasteiger charge is -2.10. The molecule has 0 spiro atoms. The van der Waals surface area contributed by atoms with Gasteiger partial charge in [0.2, 0.25) is 0 Å². The number of carbonyl (C=O) groups excluding carboxylic acids is 1. The van der Waals surface area contributed by atoms with Gasteiger partial charge in [-0.25, -0.2) is 4.21 Å². The number of aromatic nitrogens is 5. The number of aryl methyl sites for hydroxylation is 1. The molecule has 0 aliphatic rings. The van der Waals surface area contributed by atoms with E-state index in [-0.39, 0.29) is 30.1 Å². The van der Waals surface area contributed by atoms with Crippen LogP contribution < -0.4 is 0 Å². The van der Waals surface area contributed by atoms with E-state index in [1.807, 2.05) is 0 Å². The van der Waals surface area contributed by atoms with Gasteiger partial charge in [0, 0.05) is 42.2 Å². The number of rotatable bonds is 7. The third-order valence-electron chi connectivity index (χ3n) is 6.07. The Bertz CT molecular complexity index is 1790. The largest absolute Gasteiger partial charge is 0.416 e. The lowest BCUT2D eigenvalue weighted by atomic mass is 10.1. The Morgan fingerprint density at radius 1 is 1.08 bits per heavy atom. The lowest BCUT2D eigenvalue weighted by molar-refractivity contribution is -0.137. The third-order valence-corrected chi connectivity index (χ3v) is 8.24. The van der Waals surface area contributed by atoms with Gasteiger partial charge >= 0.3 is 6.18 Å². The van der Waals surface area contributed by atoms with Crippen LogP contribution in [0, 0.1) is 0 Å². The zero-order valence-corrected chi connectivity index (χ0v) is 21.5. The standard InChI is InChI=1S/C26H23F3N6O3S/c1-34-31-23-21-15-17(25(37)33-39(38,14-4-13-36)16-19-5-2-3-12-30-19)6-11-22(21)35(24(23)32-34)20-9-7-18(8-10-20)26(27,28)29/h2-3,5-12,15,36H,4,13-14,16H2,1H3/t39-/m0/s1. The fourth-order valence-electron chi connectivity index (χ4n) is 4.31. The number of alkyl halides is 3. The van der Waals surface area contributed by atoms with Gasteiger partial charge in [-0.05, 0) is 61.0 Å². The summed E-state index contributed by atoms with van der Waals surface area (Å²) in [4.78, 5) is 18.7. The molecule has 39 heavy (non-hydrogen) atoms. The van der Waals surface area contributed by atoms with Crippen LogP contribution in [0.4, 0.5) is 13.2 Å². The Hall–Kier alpha value is -4.10. The second kappa shape index (κ2) is 10.2. The topological polar surface area (TPSA) is 115 Å². The summed E-state index contributed by atoms with van der Waals surface area (Å²) in [5, 5.41) is 18.6. The Morgan fingerprint density at radius 2 is 1.85 bits per heavy atom. The second-order valence-electron chi connectivity index (χ2n) is 8.89. The zero-order chi connectivity index (χ0) is 27.8. The second-order valence-corrected chi connectivity index (χ2v) is 11.3. The number of halogens is 3. The molecule has 5 aromatic rings.